The monoisotopic (exact) mass is 360 g/mol. The second-order valence-corrected chi connectivity index (χ2v) is 5.68. The molecule has 0 spiro atoms. The summed E-state index contributed by atoms with van der Waals surface area (Å²) in [5, 5.41) is 23.9. The molecular weight excluding hydrogens is 348 g/mol. The lowest BCUT2D eigenvalue weighted by Crippen LogP contribution is -2.13. The minimum absolute atomic E-state index is 0.0926. The highest BCUT2D eigenvalue weighted by atomic mass is 35.5. The van der Waals surface area contributed by atoms with E-state index < -0.39 is 10.8 Å². The summed E-state index contributed by atoms with van der Waals surface area (Å²) >= 11 is 6.15. The maximum absolute atomic E-state index is 12.1. The number of aromatic nitrogens is 4. The van der Waals surface area contributed by atoms with Gasteiger partial charge in [0, 0.05) is 16.8 Å². The number of carbonyl (C=O) groups is 1. The van der Waals surface area contributed by atoms with Crippen molar-refractivity contribution in [2.75, 3.05) is 5.32 Å². The molecule has 0 aliphatic carbocycles. The number of amides is 1. The van der Waals surface area contributed by atoms with Gasteiger partial charge in [-0.25, -0.2) is 0 Å². The third kappa shape index (κ3) is 3.66. The van der Waals surface area contributed by atoms with Gasteiger partial charge in [-0.15, -0.1) is 5.10 Å². The average molecular weight is 361 g/mol. The van der Waals surface area contributed by atoms with Gasteiger partial charge >= 0.3 is 5.82 Å². The Morgan fingerprint density at radius 1 is 1.40 bits per heavy atom. The number of halogens is 1. The Morgan fingerprint density at radius 3 is 2.84 bits per heavy atom. The number of H-pyrrole nitrogens is 1. The Bertz CT molecular complexity index is 948. The molecule has 128 valence electrons. The van der Waals surface area contributed by atoms with E-state index in [0.29, 0.717) is 17.4 Å². The van der Waals surface area contributed by atoms with E-state index in [9.17, 15) is 14.9 Å². The second-order valence-electron chi connectivity index (χ2n) is 5.27. The summed E-state index contributed by atoms with van der Waals surface area (Å²) in [5.41, 5.74) is 1.63. The summed E-state index contributed by atoms with van der Waals surface area (Å²) in [7, 11) is 0. The Balaban J connectivity index is 1.74. The van der Waals surface area contributed by atoms with Crippen LogP contribution in [-0.4, -0.2) is 30.8 Å². The topological polar surface area (TPSA) is 119 Å². The van der Waals surface area contributed by atoms with E-state index in [-0.39, 0.29) is 11.5 Å². The standard InChI is InChI=1S/C15H13ClN6O3/c1-9-6-13(17-15(23)12-7-14(19-18-12)22(24)25)20-21(9)8-10-4-2-3-5-11(10)16/h2-7H,8H2,1H3,(H,18,19)(H,17,20,23). The molecule has 2 N–H and O–H groups in total. The molecule has 0 bridgehead atoms. The summed E-state index contributed by atoms with van der Waals surface area (Å²) in [4.78, 5) is 22.1. The van der Waals surface area contributed by atoms with Crippen LogP contribution in [0.3, 0.4) is 0 Å². The van der Waals surface area contributed by atoms with Gasteiger partial charge in [-0.05, 0) is 23.5 Å². The molecule has 25 heavy (non-hydrogen) atoms. The smallest absolute Gasteiger partial charge is 0.343 e. The zero-order valence-electron chi connectivity index (χ0n) is 13.1. The van der Waals surface area contributed by atoms with Crippen molar-refractivity contribution in [1.29, 1.82) is 0 Å². The first-order chi connectivity index (χ1) is 11.9. The SMILES string of the molecule is Cc1cc(NC(=O)c2cc([N+](=O)[O-])[nH]n2)nn1Cc1ccccc1Cl. The fraction of sp³-hybridized carbons (Fsp3) is 0.133. The summed E-state index contributed by atoms with van der Waals surface area (Å²) in [6.45, 7) is 2.30. The molecule has 0 aliphatic heterocycles. The molecule has 0 atom stereocenters. The van der Waals surface area contributed by atoms with Crippen LogP contribution >= 0.6 is 11.6 Å². The molecule has 1 amide bonds. The van der Waals surface area contributed by atoms with Gasteiger partial charge < -0.3 is 15.4 Å². The Labute approximate surface area is 146 Å². The first kappa shape index (κ1) is 16.7. The van der Waals surface area contributed by atoms with Crippen LogP contribution in [0.4, 0.5) is 11.6 Å². The molecule has 10 heteroatoms. The number of carbonyl (C=O) groups excluding carboxylic acids is 1. The number of hydrogen-bond donors (Lipinski definition) is 2. The lowest BCUT2D eigenvalue weighted by Gasteiger charge is -2.06. The van der Waals surface area contributed by atoms with Gasteiger partial charge in [0.05, 0.1) is 12.6 Å². The Hall–Kier alpha value is -3.20. The largest absolute Gasteiger partial charge is 0.358 e. The minimum Gasteiger partial charge on any atom is -0.358 e. The van der Waals surface area contributed by atoms with Gasteiger partial charge in [0.2, 0.25) is 0 Å². The molecule has 0 saturated heterocycles. The lowest BCUT2D eigenvalue weighted by molar-refractivity contribution is -0.389. The molecule has 0 saturated carbocycles. The molecule has 2 aromatic heterocycles. The van der Waals surface area contributed by atoms with Gasteiger partial charge in [0.25, 0.3) is 5.91 Å². The molecule has 3 rings (SSSR count). The highest BCUT2D eigenvalue weighted by Crippen LogP contribution is 2.18. The molecule has 0 fully saturated rings. The van der Waals surface area contributed by atoms with E-state index in [2.05, 4.69) is 20.6 Å². The molecule has 9 nitrogen and oxygen atoms in total. The van der Waals surface area contributed by atoms with E-state index in [1.54, 1.807) is 16.8 Å². The van der Waals surface area contributed by atoms with Crippen molar-refractivity contribution in [1.82, 2.24) is 20.0 Å². The van der Waals surface area contributed by atoms with Crippen LogP contribution in [0.2, 0.25) is 5.02 Å². The number of benzene rings is 1. The van der Waals surface area contributed by atoms with Crippen LogP contribution in [-0.2, 0) is 6.54 Å². The van der Waals surface area contributed by atoms with Crippen LogP contribution in [0.15, 0.2) is 36.4 Å². The molecule has 3 aromatic rings. The quantitative estimate of drug-likeness (QED) is 0.535. The van der Waals surface area contributed by atoms with E-state index >= 15 is 0 Å². The Kier molecular flexibility index (Phi) is 4.48. The minimum atomic E-state index is -0.660. The fourth-order valence-electron chi connectivity index (χ4n) is 2.22. The third-order valence-corrected chi connectivity index (χ3v) is 3.86. The number of hydrogen-bond acceptors (Lipinski definition) is 5. The van der Waals surface area contributed by atoms with Crippen LogP contribution in [0, 0.1) is 17.0 Å². The van der Waals surface area contributed by atoms with Gasteiger partial charge in [-0.1, -0.05) is 34.9 Å². The van der Waals surface area contributed by atoms with E-state index in [1.807, 2.05) is 25.1 Å². The van der Waals surface area contributed by atoms with Crippen molar-refractivity contribution in [3.63, 3.8) is 0 Å². The maximum Gasteiger partial charge on any atom is 0.343 e. The zero-order valence-corrected chi connectivity index (χ0v) is 13.8. The van der Waals surface area contributed by atoms with Crippen molar-refractivity contribution < 1.29 is 9.72 Å². The number of anilines is 1. The third-order valence-electron chi connectivity index (χ3n) is 3.49. The van der Waals surface area contributed by atoms with E-state index in [1.165, 1.54) is 0 Å². The van der Waals surface area contributed by atoms with Crippen molar-refractivity contribution in [3.05, 3.63) is 68.5 Å². The van der Waals surface area contributed by atoms with Gasteiger partial charge in [0.15, 0.2) is 11.5 Å². The molecule has 0 unspecified atom stereocenters. The summed E-state index contributed by atoms with van der Waals surface area (Å²) < 4.78 is 1.70. The number of rotatable bonds is 5. The van der Waals surface area contributed by atoms with Crippen LogP contribution in [0.1, 0.15) is 21.7 Å². The summed E-state index contributed by atoms with van der Waals surface area (Å²) in [6, 6.07) is 10.2. The average Bonchev–Trinajstić information content (AvgIpc) is 3.17. The number of nitrogens with zero attached hydrogens (tertiary/aromatic N) is 4. The number of nitrogens with one attached hydrogen (secondary N) is 2. The first-order valence-electron chi connectivity index (χ1n) is 7.23. The summed E-state index contributed by atoms with van der Waals surface area (Å²) in [6.07, 6.45) is 0. The molecule has 2 heterocycles. The second kappa shape index (κ2) is 6.73. The number of nitro groups is 1. The van der Waals surface area contributed by atoms with Crippen molar-refractivity contribution >= 4 is 29.1 Å². The van der Waals surface area contributed by atoms with Gasteiger partial charge in [0.1, 0.15) is 0 Å². The molecule has 1 aromatic carbocycles. The fourth-order valence-corrected chi connectivity index (χ4v) is 2.42. The van der Waals surface area contributed by atoms with E-state index in [4.69, 9.17) is 11.6 Å². The highest BCUT2D eigenvalue weighted by Gasteiger charge is 2.18. The van der Waals surface area contributed by atoms with Crippen molar-refractivity contribution in [2.45, 2.75) is 13.5 Å². The normalized spacial score (nSPS) is 10.6. The van der Waals surface area contributed by atoms with Gasteiger partial charge in [-0.2, -0.15) is 5.10 Å². The molecular formula is C15H13ClN6O3. The predicted octanol–water partition coefficient (Wildman–Crippen LogP) is 2.78. The molecule has 0 radical (unpaired) electrons. The van der Waals surface area contributed by atoms with Gasteiger partial charge in [-0.3, -0.25) is 9.48 Å². The number of aromatic amines is 1. The maximum atomic E-state index is 12.1. The van der Waals surface area contributed by atoms with Crippen molar-refractivity contribution in [3.8, 4) is 0 Å². The molecule has 0 aliphatic rings. The van der Waals surface area contributed by atoms with Crippen LogP contribution in [0.25, 0.3) is 0 Å². The van der Waals surface area contributed by atoms with Crippen LogP contribution < -0.4 is 5.32 Å². The highest BCUT2D eigenvalue weighted by molar-refractivity contribution is 6.31. The van der Waals surface area contributed by atoms with Crippen molar-refractivity contribution in [2.24, 2.45) is 0 Å². The Morgan fingerprint density at radius 2 is 2.16 bits per heavy atom. The predicted molar refractivity (Wildman–Crippen MR) is 90.7 cm³/mol. The lowest BCUT2D eigenvalue weighted by atomic mass is 10.2. The summed E-state index contributed by atoms with van der Waals surface area (Å²) in [5.74, 6) is -0.627. The zero-order chi connectivity index (χ0) is 18.0. The van der Waals surface area contributed by atoms with Crippen LogP contribution in [0.5, 0.6) is 0 Å². The number of aryl methyl sites for hydroxylation is 1. The van der Waals surface area contributed by atoms with E-state index in [0.717, 1.165) is 17.3 Å². The first-order valence-corrected chi connectivity index (χ1v) is 7.61.